The number of carboxylic acid groups (broad SMARTS) is 1. The third-order valence-electron chi connectivity index (χ3n) is 5.68. The zero-order valence-corrected chi connectivity index (χ0v) is 16.8. The average Bonchev–Trinajstić information content (AvgIpc) is 3.23. The van der Waals surface area contributed by atoms with Gasteiger partial charge in [-0.25, -0.2) is 4.79 Å². The van der Waals surface area contributed by atoms with Crippen LogP contribution in [0.5, 0.6) is 0 Å². The predicted molar refractivity (Wildman–Crippen MR) is 99.2 cm³/mol. The molecular formula is C19H27F3N4O4. The molecule has 0 radical (unpaired) electrons. The van der Waals surface area contributed by atoms with Crippen LogP contribution < -0.4 is 5.32 Å². The smallest absolute Gasteiger partial charge is 0.475 e. The van der Waals surface area contributed by atoms with Crippen molar-refractivity contribution in [2.24, 2.45) is 24.8 Å². The van der Waals surface area contributed by atoms with Crippen molar-refractivity contribution in [3.8, 4) is 0 Å². The standard InChI is InChI=1S/C17H26N4O2.C2HF3O2/c1-20-8-13(7-19-20)9-21-10-15(14-4-5-23-16(14)11-21)17(22)18-6-12-2-3-12;3-2(4,5)1(6)7/h7-8,12,14-16H,2-6,9-11H2,1H3,(H,18,22);(H,6,7)/t14-,15+,16+;/m0./s1. The van der Waals surface area contributed by atoms with Gasteiger partial charge in [0.15, 0.2) is 0 Å². The largest absolute Gasteiger partial charge is 0.490 e. The Morgan fingerprint density at radius 1 is 1.30 bits per heavy atom. The van der Waals surface area contributed by atoms with Gasteiger partial charge in [0.25, 0.3) is 0 Å². The lowest BCUT2D eigenvalue weighted by atomic mass is 9.82. The van der Waals surface area contributed by atoms with Crippen molar-refractivity contribution < 1.29 is 32.6 Å². The van der Waals surface area contributed by atoms with Gasteiger partial charge in [-0.15, -0.1) is 0 Å². The Hall–Kier alpha value is -2.14. The fraction of sp³-hybridized carbons (Fsp3) is 0.737. The summed E-state index contributed by atoms with van der Waals surface area (Å²) < 4.78 is 39.5. The van der Waals surface area contributed by atoms with Crippen LogP contribution in [0.4, 0.5) is 13.2 Å². The second kappa shape index (κ2) is 9.34. The number of piperidine rings is 1. The van der Waals surface area contributed by atoms with Crippen LogP contribution in [0.25, 0.3) is 0 Å². The van der Waals surface area contributed by atoms with Crippen LogP contribution in [0.2, 0.25) is 0 Å². The van der Waals surface area contributed by atoms with Crippen LogP contribution in [0.1, 0.15) is 24.8 Å². The maximum atomic E-state index is 12.7. The molecule has 3 aliphatic rings. The Morgan fingerprint density at radius 3 is 2.57 bits per heavy atom. The molecule has 2 aliphatic heterocycles. The number of nitrogens with one attached hydrogen (secondary N) is 1. The first kappa shape index (κ1) is 22.5. The van der Waals surface area contributed by atoms with E-state index in [-0.39, 0.29) is 17.9 Å². The van der Waals surface area contributed by atoms with E-state index in [4.69, 9.17) is 14.6 Å². The van der Waals surface area contributed by atoms with Crippen molar-refractivity contribution in [2.45, 2.75) is 38.1 Å². The van der Waals surface area contributed by atoms with E-state index in [1.807, 2.05) is 24.1 Å². The SMILES string of the molecule is Cn1cc(CN2C[C@H]3OCC[C@H]3[C@H](C(=O)NCC3CC3)C2)cn1.O=C(O)C(F)(F)F. The fourth-order valence-electron chi connectivity index (χ4n) is 3.97. The summed E-state index contributed by atoms with van der Waals surface area (Å²) in [5.74, 6) is -1.35. The zero-order valence-electron chi connectivity index (χ0n) is 16.8. The van der Waals surface area contributed by atoms with Gasteiger partial charge in [0.1, 0.15) is 0 Å². The first-order valence-corrected chi connectivity index (χ1v) is 10.0. The van der Waals surface area contributed by atoms with E-state index in [0.717, 1.165) is 45.1 Å². The molecule has 3 atom stereocenters. The first-order chi connectivity index (χ1) is 14.1. The molecule has 1 aromatic heterocycles. The molecule has 8 nitrogen and oxygen atoms in total. The number of hydrogen-bond acceptors (Lipinski definition) is 5. The van der Waals surface area contributed by atoms with Gasteiger partial charge in [-0.05, 0) is 25.2 Å². The monoisotopic (exact) mass is 432 g/mol. The lowest BCUT2D eigenvalue weighted by Gasteiger charge is -2.39. The number of ether oxygens (including phenoxy) is 1. The number of aliphatic carboxylic acids is 1. The van der Waals surface area contributed by atoms with Gasteiger partial charge < -0.3 is 15.2 Å². The minimum absolute atomic E-state index is 0.0617. The van der Waals surface area contributed by atoms with Crippen molar-refractivity contribution in [2.75, 3.05) is 26.2 Å². The Morgan fingerprint density at radius 2 is 2.00 bits per heavy atom. The van der Waals surface area contributed by atoms with Crippen molar-refractivity contribution >= 4 is 11.9 Å². The summed E-state index contributed by atoms with van der Waals surface area (Å²) in [6.07, 6.45) is 2.64. The minimum Gasteiger partial charge on any atom is -0.475 e. The van der Waals surface area contributed by atoms with Gasteiger partial charge >= 0.3 is 12.1 Å². The molecule has 1 aliphatic carbocycles. The van der Waals surface area contributed by atoms with E-state index in [2.05, 4.69) is 15.3 Å². The Kier molecular flexibility index (Phi) is 7.02. The molecule has 0 aromatic carbocycles. The number of likely N-dealkylation sites (tertiary alicyclic amines) is 1. The highest BCUT2D eigenvalue weighted by atomic mass is 19.4. The second-order valence-corrected chi connectivity index (χ2v) is 8.18. The molecule has 4 rings (SSSR count). The van der Waals surface area contributed by atoms with E-state index in [1.54, 1.807) is 0 Å². The molecule has 2 N–H and O–H groups in total. The van der Waals surface area contributed by atoms with Crippen molar-refractivity contribution in [1.82, 2.24) is 20.0 Å². The Labute approximate surface area is 172 Å². The molecule has 1 amide bonds. The summed E-state index contributed by atoms with van der Waals surface area (Å²) >= 11 is 0. The molecule has 11 heteroatoms. The number of amides is 1. The summed E-state index contributed by atoms with van der Waals surface area (Å²) in [6, 6.07) is 0. The molecule has 3 heterocycles. The summed E-state index contributed by atoms with van der Waals surface area (Å²) in [4.78, 5) is 23.9. The number of halogens is 3. The van der Waals surface area contributed by atoms with Crippen LogP contribution >= 0.6 is 0 Å². The number of nitrogens with zero attached hydrogens (tertiary/aromatic N) is 3. The van der Waals surface area contributed by atoms with E-state index in [0.29, 0.717) is 5.92 Å². The van der Waals surface area contributed by atoms with Gasteiger partial charge in [0.2, 0.25) is 5.91 Å². The number of aryl methyl sites for hydroxylation is 1. The van der Waals surface area contributed by atoms with Crippen LogP contribution in [0.15, 0.2) is 12.4 Å². The van der Waals surface area contributed by atoms with Gasteiger partial charge in [0.05, 0.1) is 18.2 Å². The molecule has 0 bridgehead atoms. The molecule has 1 saturated carbocycles. The van der Waals surface area contributed by atoms with Gasteiger partial charge in [-0.1, -0.05) is 0 Å². The third-order valence-corrected chi connectivity index (χ3v) is 5.68. The third kappa shape index (κ3) is 6.18. The molecule has 1 aromatic rings. The lowest BCUT2D eigenvalue weighted by molar-refractivity contribution is -0.192. The number of hydrogen-bond donors (Lipinski definition) is 2. The maximum absolute atomic E-state index is 12.7. The van der Waals surface area contributed by atoms with Crippen molar-refractivity contribution in [1.29, 1.82) is 0 Å². The quantitative estimate of drug-likeness (QED) is 0.731. The highest BCUT2D eigenvalue weighted by Gasteiger charge is 2.44. The molecule has 30 heavy (non-hydrogen) atoms. The first-order valence-electron chi connectivity index (χ1n) is 10.0. The maximum Gasteiger partial charge on any atom is 0.490 e. The number of carbonyl (C=O) groups is 2. The number of fused-ring (bicyclic) bond motifs is 1. The number of alkyl halides is 3. The molecule has 0 unspecified atom stereocenters. The molecule has 3 fully saturated rings. The number of aromatic nitrogens is 2. The molecule has 2 saturated heterocycles. The molecular weight excluding hydrogens is 405 g/mol. The predicted octanol–water partition coefficient (Wildman–Crippen LogP) is 1.42. The summed E-state index contributed by atoms with van der Waals surface area (Å²) in [5.41, 5.74) is 1.20. The number of carbonyl (C=O) groups excluding carboxylic acids is 1. The second-order valence-electron chi connectivity index (χ2n) is 8.18. The average molecular weight is 432 g/mol. The minimum atomic E-state index is -5.08. The van der Waals surface area contributed by atoms with Gasteiger partial charge in [0, 0.05) is 57.5 Å². The lowest BCUT2D eigenvalue weighted by Crippen LogP contribution is -2.52. The van der Waals surface area contributed by atoms with E-state index >= 15 is 0 Å². The van der Waals surface area contributed by atoms with Crippen LogP contribution in [0, 0.1) is 17.8 Å². The summed E-state index contributed by atoms with van der Waals surface area (Å²) in [6.45, 7) is 4.24. The van der Waals surface area contributed by atoms with Crippen LogP contribution in [-0.2, 0) is 27.9 Å². The van der Waals surface area contributed by atoms with E-state index in [9.17, 15) is 18.0 Å². The van der Waals surface area contributed by atoms with Gasteiger partial charge in [-0.2, -0.15) is 18.3 Å². The Balaban J connectivity index is 0.000000318. The highest BCUT2D eigenvalue weighted by Crippen LogP contribution is 2.35. The normalized spacial score (nSPS) is 26.5. The van der Waals surface area contributed by atoms with Crippen LogP contribution in [-0.4, -0.2) is 70.2 Å². The molecule has 0 spiro atoms. The number of carboxylic acids is 1. The topological polar surface area (TPSA) is 96.7 Å². The Bertz CT molecular complexity index is 750. The van der Waals surface area contributed by atoms with Crippen molar-refractivity contribution in [3.63, 3.8) is 0 Å². The van der Waals surface area contributed by atoms with E-state index < -0.39 is 12.1 Å². The van der Waals surface area contributed by atoms with Crippen molar-refractivity contribution in [3.05, 3.63) is 18.0 Å². The van der Waals surface area contributed by atoms with Crippen LogP contribution in [0.3, 0.4) is 0 Å². The summed E-state index contributed by atoms with van der Waals surface area (Å²) in [5, 5.41) is 14.5. The zero-order chi connectivity index (χ0) is 21.9. The fourth-order valence-corrected chi connectivity index (χ4v) is 3.97. The number of rotatable bonds is 5. The van der Waals surface area contributed by atoms with Gasteiger partial charge in [-0.3, -0.25) is 14.4 Å². The highest BCUT2D eigenvalue weighted by molar-refractivity contribution is 5.79. The molecule has 168 valence electrons. The summed E-state index contributed by atoms with van der Waals surface area (Å²) in [7, 11) is 1.93. The van der Waals surface area contributed by atoms with E-state index in [1.165, 1.54) is 18.4 Å².